The number of amides is 2. The lowest BCUT2D eigenvalue weighted by Gasteiger charge is -2.36. The van der Waals surface area contributed by atoms with Gasteiger partial charge in [-0.2, -0.15) is 0 Å². The first-order valence-corrected chi connectivity index (χ1v) is 11.1. The molecule has 2 fully saturated rings. The molecule has 0 saturated carbocycles. The molecule has 0 radical (unpaired) electrons. The van der Waals surface area contributed by atoms with E-state index in [1.54, 1.807) is 46.3 Å². The summed E-state index contributed by atoms with van der Waals surface area (Å²) in [7, 11) is 0. The van der Waals surface area contributed by atoms with E-state index in [0.29, 0.717) is 37.3 Å². The number of carbonyl (C=O) groups is 2. The van der Waals surface area contributed by atoms with Crippen LogP contribution >= 0.6 is 0 Å². The molecule has 3 heterocycles. The fraction of sp³-hybridized carbons (Fsp3) is 0.269. The minimum absolute atomic E-state index is 0.0442. The van der Waals surface area contributed by atoms with E-state index in [1.807, 2.05) is 6.07 Å². The number of benzene rings is 2. The molecule has 0 spiro atoms. The number of hydrogen-bond acceptors (Lipinski definition) is 4. The molecule has 2 aliphatic heterocycles. The molecular weight excluding hydrogens is 440 g/mol. The Morgan fingerprint density at radius 1 is 1.00 bits per heavy atom. The molecule has 2 aliphatic rings. The molecule has 0 bridgehead atoms. The summed E-state index contributed by atoms with van der Waals surface area (Å²) in [5, 5.41) is 0. The van der Waals surface area contributed by atoms with Crippen LogP contribution in [-0.4, -0.2) is 58.4 Å². The summed E-state index contributed by atoms with van der Waals surface area (Å²) in [5.74, 6) is -0.970. The quantitative estimate of drug-likeness (QED) is 0.583. The van der Waals surface area contributed by atoms with E-state index in [1.165, 1.54) is 24.3 Å². The lowest BCUT2D eigenvalue weighted by molar-refractivity contribution is -0.153. The summed E-state index contributed by atoms with van der Waals surface area (Å²) < 4.78 is 32.5. The van der Waals surface area contributed by atoms with Crippen molar-refractivity contribution >= 4 is 11.8 Å². The number of halogens is 2. The molecule has 34 heavy (non-hydrogen) atoms. The predicted octanol–water partition coefficient (Wildman–Crippen LogP) is 3.20. The first-order chi connectivity index (χ1) is 16.5. The molecule has 2 saturated heterocycles. The zero-order valence-corrected chi connectivity index (χ0v) is 18.4. The summed E-state index contributed by atoms with van der Waals surface area (Å²) in [6.45, 7) is 1.01. The van der Waals surface area contributed by atoms with Crippen LogP contribution in [0.3, 0.4) is 0 Å². The maximum absolute atomic E-state index is 13.5. The van der Waals surface area contributed by atoms with Gasteiger partial charge in [-0.05, 0) is 47.5 Å². The second-order valence-corrected chi connectivity index (χ2v) is 8.62. The van der Waals surface area contributed by atoms with Crippen LogP contribution in [0.5, 0.6) is 0 Å². The lowest BCUT2D eigenvalue weighted by Crippen LogP contribution is -2.53. The zero-order valence-electron chi connectivity index (χ0n) is 18.4. The van der Waals surface area contributed by atoms with Gasteiger partial charge in [0.25, 0.3) is 5.91 Å². The highest BCUT2D eigenvalue weighted by atomic mass is 19.1. The van der Waals surface area contributed by atoms with Gasteiger partial charge in [0.05, 0.1) is 12.1 Å². The van der Waals surface area contributed by atoms with Crippen LogP contribution in [0.25, 0.3) is 0 Å². The van der Waals surface area contributed by atoms with E-state index in [2.05, 4.69) is 4.98 Å². The third-order valence-corrected chi connectivity index (χ3v) is 6.27. The van der Waals surface area contributed by atoms with Crippen LogP contribution in [-0.2, 0) is 22.5 Å². The molecule has 8 heteroatoms. The Morgan fingerprint density at radius 3 is 2.62 bits per heavy atom. The van der Waals surface area contributed by atoms with Gasteiger partial charge in [0.1, 0.15) is 18.2 Å². The molecule has 2 amide bonds. The molecule has 0 aliphatic carbocycles. The van der Waals surface area contributed by atoms with Gasteiger partial charge in [-0.1, -0.05) is 24.3 Å². The van der Waals surface area contributed by atoms with Gasteiger partial charge < -0.3 is 14.5 Å². The van der Waals surface area contributed by atoms with Crippen molar-refractivity contribution in [2.75, 3.05) is 19.7 Å². The summed E-state index contributed by atoms with van der Waals surface area (Å²) in [6.07, 6.45) is 1.70. The molecule has 3 aromatic rings. The monoisotopic (exact) mass is 463 g/mol. The van der Waals surface area contributed by atoms with E-state index >= 15 is 0 Å². The van der Waals surface area contributed by atoms with Crippen LogP contribution in [0.2, 0.25) is 0 Å². The van der Waals surface area contributed by atoms with Crippen molar-refractivity contribution in [2.45, 2.75) is 25.1 Å². The van der Waals surface area contributed by atoms with Crippen LogP contribution in [0, 0.1) is 11.6 Å². The van der Waals surface area contributed by atoms with Gasteiger partial charge in [0.2, 0.25) is 5.91 Å². The Labute approximate surface area is 195 Å². The smallest absolute Gasteiger partial charge is 0.254 e. The molecule has 0 N–H and O–H groups in total. The molecule has 5 rings (SSSR count). The highest BCUT2D eigenvalue weighted by molar-refractivity contribution is 5.94. The zero-order chi connectivity index (χ0) is 23.7. The number of carbonyl (C=O) groups excluding carboxylic acids is 2. The van der Waals surface area contributed by atoms with Crippen LogP contribution in [0.15, 0.2) is 66.9 Å². The Balaban J connectivity index is 1.30. The molecule has 2 aromatic carbocycles. The summed E-state index contributed by atoms with van der Waals surface area (Å²) >= 11 is 0. The topological polar surface area (TPSA) is 62.7 Å². The largest absolute Gasteiger partial charge is 0.364 e. The molecule has 1 aromatic heterocycles. The number of rotatable bonds is 5. The van der Waals surface area contributed by atoms with Gasteiger partial charge in [-0.3, -0.25) is 14.6 Å². The molecule has 2 atom stereocenters. The van der Waals surface area contributed by atoms with Crippen LogP contribution in [0.4, 0.5) is 8.78 Å². The van der Waals surface area contributed by atoms with Crippen molar-refractivity contribution in [3.05, 3.63) is 101 Å². The summed E-state index contributed by atoms with van der Waals surface area (Å²) in [4.78, 5) is 33.6. The highest BCUT2D eigenvalue weighted by Gasteiger charge is 2.44. The van der Waals surface area contributed by atoms with Crippen molar-refractivity contribution in [2.24, 2.45) is 0 Å². The highest BCUT2D eigenvalue weighted by Crippen LogP contribution is 2.27. The molecular formula is C26H23F2N3O3. The SMILES string of the molecule is O=C(c1ccnc(Cc2cccc(F)c2)c1)N1C[C@@H]2OCC(=O)N(Cc3ccc(F)cc3)[C@H]2C1. The van der Waals surface area contributed by atoms with Crippen molar-refractivity contribution in [3.8, 4) is 0 Å². The van der Waals surface area contributed by atoms with Gasteiger partial charge in [0.15, 0.2) is 0 Å². The first-order valence-electron chi connectivity index (χ1n) is 11.1. The fourth-order valence-electron chi connectivity index (χ4n) is 4.57. The van der Waals surface area contributed by atoms with Gasteiger partial charge in [-0.15, -0.1) is 0 Å². The van der Waals surface area contributed by atoms with Crippen molar-refractivity contribution in [1.29, 1.82) is 0 Å². The molecule has 0 unspecified atom stereocenters. The van der Waals surface area contributed by atoms with Crippen molar-refractivity contribution in [1.82, 2.24) is 14.8 Å². The average Bonchev–Trinajstić information content (AvgIpc) is 3.27. The van der Waals surface area contributed by atoms with Crippen molar-refractivity contribution < 1.29 is 23.1 Å². The fourth-order valence-corrected chi connectivity index (χ4v) is 4.57. The van der Waals surface area contributed by atoms with E-state index in [0.717, 1.165) is 11.1 Å². The van der Waals surface area contributed by atoms with E-state index in [9.17, 15) is 18.4 Å². The number of morpholine rings is 1. The van der Waals surface area contributed by atoms with E-state index in [-0.39, 0.29) is 42.2 Å². The minimum Gasteiger partial charge on any atom is -0.364 e. The number of nitrogens with zero attached hydrogens (tertiary/aromatic N) is 3. The number of hydrogen-bond donors (Lipinski definition) is 0. The number of aromatic nitrogens is 1. The normalized spacial score (nSPS) is 19.9. The summed E-state index contributed by atoms with van der Waals surface area (Å²) in [6, 6.07) is 15.4. The standard InChI is InChI=1S/C26H23F2N3O3/c27-20-6-4-17(5-7-20)13-31-23-14-30(15-24(23)34-16-25(31)32)26(33)19-8-9-29-22(12-19)11-18-2-1-3-21(28)10-18/h1-10,12,23-24H,11,13-16H2/t23-,24-/m0/s1. The third-order valence-electron chi connectivity index (χ3n) is 6.27. The van der Waals surface area contributed by atoms with E-state index in [4.69, 9.17) is 4.74 Å². The first kappa shape index (κ1) is 22.2. The predicted molar refractivity (Wildman–Crippen MR) is 120 cm³/mol. The van der Waals surface area contributed by atoms with Crippen molar-refractivity contribution in [3.63, 3.8) is 0 Å². The Hall–Kier alpha value is -3.65. The lowest BCUT2D eigenvalue weighted by atomic mass is 10.1. The van der Waals surface area contributed by atoms with Crippen LogP contribution < -0.4 is 0 Å². The van der Waals surface area contributed by atoms with Gasteiger partial charge >= 0.3 is 0 Å². The number of ether oxygens (including phenoxy) is 1. The number of fused-ring (bicyclic) bond motifs is 1. The summed E-state index contributed by atoms with van der Waals surface area (Å²) in [5.41, 5.74) is 2.73. The average molecular weight is 463 g/mol. The molecule has 174 valence electrons. The number of pyridine rings is 1. The Morgan fingerprint density at radius 2 is 1.82 bits per heavy atom. The minimum atomic E-state index is -0.332. The number of likely N-dealkylation sites (tertiary alicyclic amines) is 1. The Kier molecular flexibility index (Phi) is 6.06. The Bertz CT molecular complexity index is 1220. The maximum atomic E-state index is 13.5. The second-order valence-electron chi connectivity index (χ2n) is 8.62. The van der Waals surface area contributed by atoms with Gasteiger partial charge in [0, 0.05) is 43.5 Å². The second kappa shape index (κ2) is 9.30. The van der Waals surface area contributed by atoms with Gasteiger partial charge in [-0.25, -0.2) is 8.78 Å². The molecule has 6 nitrogen and oxygen atoms in total. The van der Waals surface area contributed by atoms with E-state index < -0.39 is 0 Å². The third kappa shape index (κ3) is 4.68. The van der Waals surface area contributed by atoms with Crippen LogP contribution in [0.1, 0.15) is 27.2 Å². The maximum Gasteiger partial charge on any atom is 0.254 e.